The number of hydrogen-bond acceptors (Lipinski definition) is 2. The van der Waals surface area contributed by atoms with E-state index in [1.165, 1.54) is 0 Å². The molecule has 1 unspecified atom stereocenters. The summed E-state index contributed by atoms with van der Waals surface area (Å²) in [5.74, 6) is 0.575. The van der Waals surface area contributed by atoms with E-state index in [0.29, 0.717) is 17.9 Å². The van der Waals surface area contributed by atoms with Crippen LogP contribution in [0.15, 0.2) is 22.7 Å². The first kappa shape index (κ1) is 12.5. The first-order valence-corrected chi connectivity index (χ1v) is 5.89. The number of ketones is 1. The first-order valence-electron chi connectivity index (χ1n) is 4.67. The van der Waals surface area contributed by atoms with Gasteiger partial charge in [-0.2, -0.15) is 0 Å². The average Bonchev–Trinajstić information content (AvgIpc) is 2.20. The van der Waals surface area contributed by atoms with Gasteiger partial charge in [0.15, 0.2) is 5.78 Å². The summed E-state index contributed by atoms with van der Waals surface area (Å²) in [6.45, 7) is 4.13. The Labute approximate surface area is 103 Å². The molecule has 4 heteroatoms. The smallest absolute Gasteiger partial charge is 0.181 e. The van der Waals surface area contributed by atoms with Gasteiger partial charge in [0.25, 0.3) is 0 Å². The molecule has 15 heavy (non-hydrogen) atoms. The van der Waals surface area contributed by atoms with E-state index in [1.807, 2.05) is 13.0 Å². The second-order valence-electron chi connectivity index (χ2n) is 3.05. The number of benzene rings is 1. The third kappa shape index (κ3) is 3.21. The fourth-order valence-electron chi connectivity index (χ4n) is 1.16. The number of halogens is 2. The Morgan fingerprint density at radius 1 is 1.60 bits per heavy atom. The summed E-state index contributed by atoms with van der Waals surface area (Å²) < 4.78 is 6.05. The van der Waals surface area contributed by atoms with Gasteiger partial charge in [0.1, 0.15) is 5.75 Å². The highest BCUT2D eigenvalue weighted by atomic mass is 79.9. The summed E-state index contributed by atoms with van der Waals surface area (Å²) in [5.41, 5.74) is 0.559. The molecule has 1 aromatic rings. The molecule has 0 saturated heterocycles. The zero-order valence-corrected chi connectivity index (χ0v) is 10.9. The van der Waals surface area contributed by atoms with Crippen LogP contribution in [-0.2, 0) is 0 Å². The third-order valence-corrected chi connectivity index (χ3v) is 2.77. The zero-order chi connectivity index (χ0) is 11.4. The minimum Gasteiger partial charge on any atom is -0.494 e. The second-order valence-corrected chi connectivity index (χ2v) is 4.56. The first-order chi connectivity index (χ1) is 7.06. The Morgan fingerprint density at radius 3 is 2.80 bits per heavy atom. The van der Waals surface area contributed by atoms with Crippen molar-refractivity contribution < 1.29 is 9.53 Å². The number of carbonyl (C=O) groups is 1. The van der Waals surface area contributed by atoms with Crippen molar-refractivity contribution in [2.24, 2.45) is 0 Å². The number of Topliss-reactive ketones (excluding diaryl/α,β-unsaturated/α-hetero) is 1. The fraction of sp³-hybridized carbons (Fsp3) is 0.364. The molecule has 0 spiro atoms. The van der Waals surface area contributed by atoms with Gasteiger partial charge in [-0.1, -0.05) is 15.9 Å². The van der Waals surface area contributed by atoms with Crippen molar-refractivity contribution in [1.82, 2.24) is 0 Å². The Kier molecular flexibility index (Phi) is 4.61. The lowest BCUT2D eigenvalue weighted by molar-refractivity contribution is 0.0990. The zero-order valence-electron chi connectivity index (χ0n) is 8.59. The predicted octanol–water partition coefficient (Wildman–Crippen LogP) is 3.66. The van der Waals surface area contributed by atoms with Crippen molar-refractivity contribution in [3.05, 3.63) is 28.2 Å². The van der Waals surface area contributed by atoms with E-state index in [0.717, 1.165) is 4.47 Å². The molecule has 0 aromatic heterocycles. The molecule has 0 N–H and O–H groups in total. The molecule has 1 atom stereocenters. The maximum absolute atomic E-state index is 11.7. The van der Waals surface area contributed by atoms with Crippen molar-refractivity contribution in [1.29, 1.82) is 0 Å². The van der Waals surface area contributed by atoms with Crippen LogP contribution in [-0.4, -0.2) is 17.8 Å². The summed E-state index contributed by atoms with van der Waals surface area (Å²) in [6, 6.07) is 5.30. The molecule has 1 aromatic carbocycles. The molecule has 0 aliphatic rings. The third-order valence-electron chi connectivity index (χ3n) is 1.88. The van der Waals surface area contributed by atoms with E-state index in [4.69, 9.17) is 16.3 Å². The minimum atomic E-state index is -0.529. The molecule has 82 valence electrons. The fourth-order valence-corrected chi connectivity index (χ4v) is 1.72. The van der Waals surface area contributed by atoms with Gasteiger partial charge >= 0.3 is 0 Å². The van der Waals surface area contributed by atoms with Crippen LogP contribution in [0.2, 0.25) is 0 Å². The van der Waals surface area contributed by atoms with Gasteiger partial charge < -0.3 is 4.74 Å². The van der Waals surface area contributed by atoms with Gasteiger partial charge in [0, 0.05) is 10.0 Å². The largest absolute Gasteiger partial charge is 0.494 e. The number of alkyl halides is 1. The van der Waals surface area contributed by atoms with Crippen molar-refractivity contribution >= 4 is 33.3 Å². The van der Waals surface area contributed by atoms with Crippen LogP contribution in [0.5, 0.6) is 5.75 Å². The molecule has 0 bridgehead atoms. The highest BCUT2D eigenvalue weighted by molar-refractivity contribution is 9.10. The SMILES string of the molecule is CCOc1ccc(Br)c(C(=O)C(C)Cl)c1. The van der Waals surface area contributed by atoms with E-state index in [1.54, 1.807) is 19.1 Å². The van der Waals surface area contributed by atoms with Crippen LogP contribution in [0.4, 0.5) is 0 Å². The van der Waals surface area contributed by atoms with Gasteiger partial charge in [-0.25, -0.2) is 0 Å². The van der Waals surface area contributed by atoms with E-state index in [-0.39, 0.29) is 5.78 Å². The van der Waals surface area contributed by atoms with Crippen LogP contribution < -0.4 is 4.74 Å². The van der Waals surface area contributed by atoms with E-state index >= 15 is 0 Å². The van der Waals surface area contributed by atoms with Crippen molar-refractivity contribution in [2.75, 3.05) is 6.61 Å². The quantitative estimate of drug-likeness (QED) is 0.625. The van der Waals surface area contributed by atoms with Gasteiger partial charge in [-0.3, -0.25) is 4.79 Å². The van der Waals surface area contributed by atoms with Gasteiger partial charge in [0.2, 0.25) is 0 Å². The lowest BCUT2D eigenvalue weighted by Crippen LogP contribution is -2.11. The summed E-state index contributed by atoms with van der Waals surface area (Å²) in [6.07, 6.45) is 0. The maximum atomic E-state index is 11.7. The molecule has 0 heterocycles. The average molecular weight is 292 g/mol. The van der Waals surface area contributed by atoms with Crippen molar-refractivity contribution in [3.63, 3.8) is 0 Å². The minimum absolute atomic E-state index is 0.106. The van der Waals surface area contributed by atoms with Crippen molar-refractivity contribution in [2.45, 2.75) is 19.2 Å². The second kappa shape index (κ2) is 5.52. The number of rotatable bonds is 4. The summed E-state index contributed by atoms with van der Waals surface area (Å²) in [4.78, 5) is 11.7. The van der Waals surface area contributed by atoms with E-state index in [9.17, 15) is 4.79 Å². The molecular formula is C11H12BrClO2. The molecule has 2 nitrogen and oxygen atoms in total. The summed E-state index contributed by atoms with van der Waals surface area (Å²) in [7, 11) is 0. The van der Waals surface area contributed by atoms with Crippen LogP contribution in [0, 0.1) is 0 Å². The number of ether oxygens (including phenoxy) is 1. The molecule has 0 saturated carbocycles. The molecule has 0 aliphatic heterocycles. The molecular weight excluding hydrogens is 279 g/mol. The number of carbonyl (C=O) groups excluding carboxylic acids is 1. The highest BCUT2D eigenvalue weighted by Crippen LogP contribution is 2.24. The Balaban J connectivity index is 3.05. The van der Waals surface area contributed by atoms with Gasteiger partial charge in [-0.05, 0) is 32.0 Å². The van der Waals surface area contributed by atoms with Crippen molar-refractivity contribution in [3.8, 4) is 5.75 Å². The highest BCUT2D eigenvalue weighted by Gasteiger charge is 2.16. The lowest BCUT2D eigenvalue weighted by atomic mass is 10.1. The van der Waals surface area contributed by atoms with E-state index in [2.05, 4.69) is 15.9 Å². The van der Waals surface area contributed by atoms with Crippen LogP contribution in [0.1, 0.15) is 24.2 Å². The Hall–Kier alpha value is -0.540. The summed E-state index contributed by atoms with van der Waals surface area (Å²) >= 11 is 9.07. The van der Waals surface area contributed by atoms with Crippen LogP contribution in [0.3, 0.4) is 0 Å². The monoisotopic (exact) mass is 290 g/mol. The van der Waals surface area contributed by atoms with E-state index < -0.39 is 5.38 Å². The van der Waals surface area contributed by atoms with Gasteiger partial charge in [-0.15, -0.1) is 11.6 Å². The Morgan fingerprint density at radius 2 is 2.27 bits per heavy atom. The predicted molar refractivity (Wildman–Crippen MR) is 65.0 cm³/mol. The molecule has 0 radical (unpaired) electrons. The number of hydrogen-bond donors (Lipinski definition) is 0. The van der Waals surface area contributed by atoms with Gasteiger partial charge in [0.05, 0.1) is 12.0 Å². The van der Waals surface area contributed by atoms with Crippen LogP contribution in [0.25, 0.3) is 0 Å². The molecule has 0 fully saturated rings. The summed E-state index contributed by atoms with van der Waals surface area (Å²) in [5, 5.41) is -0.529. The molecule has 0 aliphatic carbocycles. The molecule has 1 rings (SSSR count). The molecule has 0 amide bonds. The van der Waals surface area contributed by atoms with Crippen LogP contribution >= 0.6 is 27.5 Å². The lowest BCUT2D eigenvalue weighted by Gasteiger charge is -2.08. The normalized spacial score (nSPS) is 12.3. The standard InChI is InChI=1S/C11H12BrClO2/c1-3-15-8-4-5-10(12)9(6-8)11(14)7(2)13/h4-7H,3H2,1-2H3. The maximum Gasteiger partial charge on any atom is 0.181 e. The Bertz CT molecular complexity index is 364. The topological polar surface area (TPSA) is 26.3 Å².